The summed E-state index contributed by atoms with van der Waals surface area (Å²) in [5.74, 6) is 0.0519. The van der Waals surface area contributed by atoms with Gasteiger partial charge in [0.15, 0.2) is 0 Å². The molecule has 74 valence electrons. The van der Waals surface area contributed by atoms with Crippen LogP contribution in [-0.2, 0) is 0 Å². The molecule has 0 aromatic heterocycles. The van der Waals surface area contributed by atoms with E-state index in [1.165, 1.54) is 0 Å². The number of carboxylic acid groups (broad SMARTS) is 1. The van der Waals surface area contributed by atoms with E-state index in [1.807, 2.05) is 12.1 Å². The highest BCUT2D eigenvalue weighted by Crippen LogP contribution is 2.48. The van der Waals surface area contributed by atoms with Crippen LogP contribution in [0, 0.1) is 5.92 Å². The molecule has 0 spiro atoms. The molecule has 1 saturated carbocycles. The zero-order valence-electron chi connectivity index (χ0n) is 7.83. The second kappa shape index (κ2) is 3.28. The molecule has 0 bridgehead atoms. The molecule has 1 aromatic carbocycles. The molecule has 1 aliphatic carbocycles. The van der Waals surface area contributed by atoms with Crippen molar-refractivity contribution < 1.29 is 9.90 Å². The molecule has 2 atom stereocenters. The number of hydrogen-bond donors (Lipinski definition) is 1. The highest BCUT2D eigenvalue weighted by Gasteiger charge is 2.37. The van der Waals surface area contributed by atoms with Crippen LogP contribution in [0.25, 0.3) is 0 Å². The molecule has 0 heterocycles. The van der Waals surface area contributed by atoms with E-state index in [0.717, 1.165) is 12.0 Å². The van der Waals surface area contributed by atoms with E-state index in [2.05, 4.69) is 6.92 Å². The molecule has 2 nitrogen and oxygen atoms in total. The van der Waals surface area contributed by atoms with Crippen molar-refractivity contribution in [1.29, 1.82) is 0 Å². The molecule has 14 heavy (non-hydrogen) atoms. The van der Waals surface area contributed by atoms with Crippen LogP contribution in [0.3, 0.4) is 0 Å². The zero-order chi connectivity index (χ0) is 10.3. The van der Waals surface area contributed by atoms with Gasteiger partial charge in [0.1, 0.15) is 0 Å². The van der Waals surface area contributed by atoms with Crippen molar-refractivity contribution in [2.45, 2.75) is 19.3 Å². The second-order valence-corrected chi connectivity index (χ2v) is 4.24. The van der Waals surface area contributed by atoms with Gasteiger partial charge in [0, 0.05) is 0 Å². The molecule has 1 fully saturated rings. The van der Waals surface area contributed by atoms with E-state index in [9.17, 15) is 4.79 Å². The van der Waals surface area contributed by atoms with Crippen LogP contribution in [0.4, 0.5) is 0 Å². The molecular formula is C11H11ClO2. The van der Waals surface area contributed by atoms with Crippen LogP contribution in [0.2, 0.25) is 5.02 Å². The first-order valence-corrected chi connectivity index (χ1v) is 5.00. The fourth-order valence-corrected chi connectivity index (χ4v) is 2.09. The minimum absolute atomic E-state index is 0.281. The number of halogens is 1. The molecule has 2 rings (SSSR count). The number of benzene rings is 1. The maximum Gasteiger partial charge on any atom is 0.337 e. The summed E-state index contributed by atoms with van der Waals surface area (Å²) in [4.78, 5) is 11.0. The highest BCUT2D eigenvalue weighted by molar-refractivity contribution is 6.33. The van der Waals surface area contributed by atoms with Crippen LogP contribution in [0.15, 0.2) is 18.2 Å². The summed E-state index contributed by atoms with van der Waals surface area (Å²) in [6.45, 7) is 2.12. The van der Waals surface area contributed by atoms with Gasteiger partial charge in [0.05, 0.1) is 10.6 Å². The third kappa shape index (κ3) is 1.50. The summed E-state index contributed by atoms with van der Waals surface area (Å²) in [6.07, 6.45) is 1.07. The summed E-state index contributed by atoms with van der Waals surface area (Å²) in [6, 6.07) is 5.31. The maximum atomic E-state index is 11.0. The van der Waals surface area contributed by atoms with Crippen molar-refractivity contribution in [1.82, 2.24) is 0 Å². The molecule has 0 saturated heterocycles. The number of carboxylic acids is 1. The molecule has 3 heteroatoms. The summed E-state index contributed by atoms with van der Waals surface area (Å²) in [5, 5.41) is 9.37. The predicted molar refractivity (Wildman–Crippen MR) is 54.9 cm³/mol. The SMILES string of the molecule is CC1CC1c1cccc(Cl)c1C(=O)O. The normalized spacial score (nSPS) is 24.7. The molecular weight excluding hydrogens is 200 g/mol. The summed E-state index contributed by atoms with van der Waals surface area (Å²) in [7, 11) is 0. The predicted octanol–water partition coefficient (Wildman–Crippen LogP) is 3.16. The Bertz CT molecular complexity index is 387. The van der Waals surface area contributed by atoms with Gasteiger partial charge in [-0.3, -0.25) is 0 Å². The van der Waals surface area contributed by atoms with Crippen LogP contribution >= 0.6 is 11.6 Å². The van der Waals surface area contributed by atoms with Gasteiger partial charge < -0.3 is 5.11 Å². The first-order chi connectivity index (χ1) is 6.61. The van der Waals surface area contributed by atoms with Gasteiger partial charge >= 0.3 is 5.97 Å². The molecule has 2 unspecified atom stereocenters. The van der Waals surface area contributed by atoms with Crippen LogP contribution in [-0.4, -0.2) is 11.1 Å². The lowest BCUT2D eigenvalue weighted by atomic mass is 10.0. The Morgan fingerprint density at radius 1 is 1.57 bits per heavy atom. The Labute approximate surface area is 87.5 Å². The van der Waals surface area contributed by atoms with Crippen molar-refractivity contribution in [2.75, 3.05) is 0 Å². The lowest BCUT2D eigenvalue weighted by Crippen LogP contribution is -2.02. The molecule has 1 N–H and O–H groups in total. The monoisotopic (exact) mass is 210 g/mol. The van der Waals surface area contributed by atoms with Gasteiger partial charge in [-0.1, -0.05) is 30.7 Å². The molecule has 1 aliphatic rings. The Kier molecular flexibility index (Phi) is 2.23. The molecule has 0 amide bonds. The van der Waals surface area contributed by atoms with E-state index in [0.29, 0.717) is 16.9 Å². The summed E-state index contributed by atoms with van der Waals surface area (Å²) in [5.41, 5.74) is 1.17. The zero-order valence-corrected chi connectivity index (χ0v) is 8.58. The number of carbonyl (C=O) groups is 1. The largest absolute Gasteiger partial charge is 0.478 e. The first kappa shape index (κ1) is 9.53. The van der Waals surface area contributed by atoms with Crippen LogP contribution in [0.5, 0.6) is 0 Å². The third-order valence-corrected chi connectivity index (χ3v) is 3.08. The van der Waals surface area contributed by atoms with Gasteiger partial charge in [-0.2, -0.15) is 0 Å². The van der Waals surface area contributed by atoms with Crippen molar-refractivity contribution in [3.05, 3.63) is 34.3 Å². The Morgan fingerprint density at radius 3 is 2.71 bits per heavy atom. The van der Waals surface area contributed by atoms with Gasteiger partial charge in [-0.05, 0) is 29.9 Å². The van der Waals surface area contributed by atoms with Gasteiger partial charge in [-0.15, -0.1) is 0 Å². The Balaban J connectivity index is 2.48. The number of rotatable bonds is 2. The van der Waals surface area contributed by atoms with Gasteiger partial charge in [-0.25, -0.2) is 4.79 Å². The Hall–Kier alpha value is -1.02. The lowest BCUT2D eigenvalue weighted by Gasteiger charge is -2.06. The number of aromatic carboxylic acids is 1. The van der Waals surface area contributed by atoms with Crippen molar-refractivity contribution in [2.24, 2.45) is 5.92 Å². The second-order valence-electron chi connectivity index (χ2n) is 3.83. The summed E-state index contributed by atoms with van der Waals surface area (Å²) >= 11 is 5.86. The topological polar surface area (TPSA) is 37.3 Å². The number of hydrogen-bond acceptors (Lipinski definition) is 1. The molecule has 0 radical (unpaired) electrons. The van der Waals surface area contributed by atoms with Crippen molar-refractivity contribution in [3.8, 4) is 0 Å². The van der Waals surface area contributed by atoms with Crippen molar-refractivity contribution in [3.63, 3.8) is 0 Å². The Morgan fingerprint density at radius 2 is 2.21 bits per heavy atom. The summed E-state index contributed by atoms with van der Waals surface area (Å²) < 4.78 is 0. The van der Waals surface area contributed by atoms with E-state index in [4.69, 9.17) is 16.7 Å². The van der Waals surface area contributed by atoms with E-state index < -0.39 is 5.97 Å². The fraction of sp³-hybridized carbons (Fsp3) is 0.364. The van der Waals surface area contributed by atoms with Crippen LogP contribution in [0.1, 0.15) is 35.2 Å². The first-order valence-electron chi connectivity index (χ1n) is 4.63. The quantitative estimate of drug-likeness (QED) is 0.814. The smallest absolute Gasteiger partial charge is 0.337 e. The minimum atomic E-state index is -0.926. The third-order valence-electron chi connectivity index (χ3n) is 2.77. The van der Waals surface area contributed by atoms with Crippen LogP contribution < -0.4 is 0 Å². The van der Waals surface area contributed by atoms with E-state index in [-0.39, 0.29) is 5.56 Å². The van der Waals surface area contributed by atoms with Gasteiger partial charge in [0.25, 0.3) is 0 Å². The fourth-order valence-electron chi connectivity index (χ4n) is 1.83. The maximum absolute atomic E-state index is 11.0. The lowest BCUT2D eigenvalue weighted by molar-refractivity contribution is 0.0696. The van der Waals surface area contributed by atoms with Gasteiger partial charge in [0.2, 0.25) is 0 Å². The minimum Gasteiger partial charge on any atom is -0.478 e. The molecule has 0 aliphatic heterocycles. The van der Waals surface area contributed by atoms with E-state index >= 15 is 0 Å². The average Bonchev–Trinajstić information content (AvgIpc) is 2.81. The molecule has 1 aromatic rings. The average molecular weight is 211 g/mol. The standard InChI is InChI=1S/C11H11ClO2/c1-6-5-8(6)7-3-2-4-9(12)10(7)11(13)14/h2-4,6,8H,5H2,1H3,(H,13,14). The highest BCUT2D eigenvalue weighted by atomic mass is 35.5. The van der Waals surface area contributed by atoms with E-state index in [1.54, 1.807) is 6.07 Å². The van der Waals surface area contributed by atoms with Crippen molar-refractivity contribution >= 4 is 17.6 Å².